The van der Waals surface area contributed by atoms with Crippen molar-refractivity contribution in [2.45, 2.75) is 13.3 Å². The van der Waals surface area contributed by atoms with Gasteiger partial charge in [0.15, 0.2) is 0 Å². The Morgan fingerprint density at radius 2 is 1.73 bits per heavy atom. The second-order valence-electron chi connectivity index (χ2n) is 5.89. The van der Waals surface area contributed by atoms with Crippen LogP contribution in [-0.4, -0.2) is 23.8 Å². The Balaban J connectivity index is 1.61. The zero-order chi connectivity index (χ0) is 18.5. The average Bonchev–Trinajstić information content (AvgIpc) is 3.10. The van der Waals surface area contributed by atoms with Crippen LogP contribution in [0.2, 0.25) is 0 Å². The van der Waals surface area contributed by atoms with E-state index in [0.29, 0.717) is 11.3 Å². The number of nitrogens with zero attached hydrogens (tertiary/aromatic N) is 1. The van der Waals surface area contributed by atoms with Crippen LogP contribution in [0.3, 0.4) is 0 Å². The molecule has 0 bridgehead atoms. The summed E-state index contributed by atoms with van der Waals surface area (Å²) in [7, 11) is 1.58. The maximum atomic E-state index is 12.2. The van der Waals surface area contributed by atoms with Gasteiger partial charge < -0.3 is 10.6 Å². The Kier molecular flexibility index (Phi) is 5.43. The van der Waals surface area contributed by atoms with Crippen molar-refractivity contribution >= 4 is 28.8 Å². The van der Waals surface area contributed by atoms with Crippen LogP contribution < -0.4 is 10.6 Å². The fraction of sp³-hybridized carbons (Fsp3) is 0.150. The number of rotatable bonds is 5. The second-order valence-corrected chi connectivity index (χ2v) is 6.75. The number of aryl methyl sites for hydroxylation is 1. The van der Waals surface area contributed by atoms with Crippen molar-refractivity contribution in [3.8, 4) is 10.6 Å². The summed E-state index contributed by atoms with van der Waals surface area (Å²) in [5.74, 6) is -0.299. The van der Waals surface area contributed by atoms with E-state index in [4.69, 9.17) is 0 Å². The van der Waals surface area contributed by atoms with E-state index < -0.39 is 0 Å². The minimum Gasteiger partial charge on any atom is -0.355 e. The lowest BCUT2D eigenvalue weighted by atomic mass is 10.2. The van der Waals surface area contributed by atoms with Crippen molar-refractivity contribution in [1.29, 1.82) is 0 Å². The third kappa shape index (κ3) is 4.34. The average molecular weight is 365 g/mol. The molecule has 26 heavy (non-hydrogen) atoms. The number of carbonyl (C=O) groups is 2. The normalized spacial score (nSPS) is 10.4. The van der Waals surface area contributed by atoms with E-state index in [1.54, 1.807) is 31.3 Å². The number of amides is 2. The Morgan fingerprint density at radius 3 is 2.38 bits per heavy atom. The number of hydrogen-bond acceptors (Lipinski definition) is 4. The van der Waals surface area contributed by atoms with E-state index in [1.165, 1.54) is 16.9 Å². The molecule has 0 saturated heterocycles. The summed E-state index contributed by atoms with van der Waals surface area (Å²) in [5, 5.41) is 8.20. The molecule has 0 aliphatic rings. The summed E-state index contributed by atoms with van der Waals surface area (Å²) in [6.07, 6.45) is 0.208. The van der Waals surface area contributed by atoms with Crippen molar-refractivity contribution in [1.82, 2.24) is 10.3 Å². The number of carbonyl (C=O) groups excluding carboxylic acids is 2. The number of benzene rings is 2. The van der Waals surface area contributed by atoms with Crippen LogP contribution in [0, 0.1) is 6.92 Å². The van der Waals surface area contributed by atoms with Crippen molar-refractivity contribution in [3.63, 3.8) is 0 Å². The fourth-order valence-electron chi connectivity index (χ4n) is 2.44. The molecule has 1 heterocycles. The van der Waals surface area contributed by atoms with Gasteiger partial charge in [-0.2, -0.15) is 0 Å². The van der Waals surface area contributed by atoms with Gasteiger partial charge in [0, 0.05) is 29.2 Å². The van der Waals surface area contributed by atoms with Gasteiger partial charge in [0.25, 0.3) is 5.91 Å². The molecule has 2 amide bonds. The van der Waals surface area contributed by atoms with Crippen LogP contribution in [0.25, 0.3) is 10.6 Å². The molecule has 0 aliphatic heterocycles. The number of nitrogens with one attached hydrogen (secondary N) is 2. The van der Waals surface area contributed by atoms with Gasteiger partial charge in [-0.25, -0.2) is 4.98 Å². The molecule has 132 valence electrons. The SMILES string of the molecule is CNC(=O)c1ccc(NC(=O)Cc2csc(-c3ccc(C)cc3)n2)cc1. The Morgan fingerprint density at radius 1 is 1.04 bits per heavy atom. The van der Waals surface area contributed by atoms with E-state index >= 15 is 0 Å². The highest BCUT2D eigenvalue weighted by molar-refractivity contribution is 7.13. The Hall–Kier alpha value is -2.99. The molecule has 0 aliphatic carbocycles. The molecule has 1 aromatic heterocycles. The van der Waals surface area contributed by atoms with E-state index in [0.717, 1.165) is 16.3 Å². The van der Waals surface area contributed by atoms with Gasteiger partial charge in [0.2, 0.25) is 5.91 Å². The monoisotopic (exact) mass is 365 g/mol. The van der Waals surface area contributed by atoms with Crippen LogP contribution in [0.5, 0.6) is 0 Å². The van der Waals surface area contributed by atoms with Crippen LogP contribution >= 0.6 is 11.3 Å². The molecular weight excluding hydrogens is 346 g/mol. The predicted octanol–water partition coefficient (Wildman–Crippen LogP) is 3.66. The highest BCUT2D eigenvalue weighted by atomic mass is 32.1. The van der Waals surface area contributed by atoms with Gasteiger partial charge >= 0.3 is 0 Å². The molecule has 3 aromatic rings. The maximum Gasteiger partial charge on any atom is 0.251 e. The van der Waals surface area contributed by atoms with E-state index in [2.05, 4.69) is 15.6 Å². The Bertz CT molecular complexity index is 915. The molecule has 6 heteroatoms. The highest BCUT2D eigenvalue weighted by Crippen LogP contribution is 2.24. The van der Waals surface area contributed by atoms with E-state index in [9.17, 15) is 9.59 Å². The fourth-order valence-corrected chi connectivity index (χ4v) is 3.26. The van der Waals surface area contributed by atoms with Crippen LogP contribution in [0.1, 0.15) is 21.6 Å². The molecule has 3 rings (SSSR count). The van der Waals surface area contributed by atoms with Crippen molar-refractivity contribution in [2.75, 3.05) is 12.4 Å². The molecule has 0 fully saturated rings. The summed E-state index contributed by atoms with van der Waals surface area (Å²) >= 11 is 1.53. The smallest absolute Gasteiger partial charge is 0.251 e. The predicted molar refractivity (Wildman–Crippen MR) is 104 cm³/mol. The number of thiazole rings is 1. The molecule has 0 saturated carbocycles. The van der Waals surface area contributed by atoms with Crippen LogP contribution in [-0.2, 0) is 11.2 Å². The maximum absolute atomic E-state index is 12.2. The van der Waals surface area contributed by atoms with Gasteiger partial charge in [-0.1, -0.05) is 29.8 Å². The first-order valence-electron chi connectivity index (χ1n) is 8.18. The molecule has 0 unspecified atom stereocenters. The summed E-state index contributed by atoms with van der Waals surface area (Å²) in [4.78, 5) is 28.3. The molecule has 2 aromatic carbocycles. The van der Waals surface area contributed by atoms with Crippen molar-refractivity contribution in [3.05, 3.63) is 70.7 Å². The zero-order valence-corrected chi connectivity index (χ0v) is 15.4. The third-order valence-electron chi connectivity index (χ3n) is 3.85. The molecule has 0 radical (unpaired) electrons. The van der Waals surface area contributed by atoms with Gasteiger partial charge in [-0.15, -0.1) is 11.3 Å². The number of anilines is 1. The Labute approximate surface area is 156 Å². The standard InChI is InChI=1S/C20H19N3O2S/c1-13-3-5-15(6-4-13)20-23-17(12-26-20)11-18(24)22-16-9-7-14(8-10-16)19(25)21-2/h3-10,12H,11H2,1-2H3,(H,21,25)(H,22,24). The first kappa shape index (κ1) is 17.8. The summed E-state index contributed by atoms with van der Waals surface area (Å²) < 4.78 is 0. The second kappa shape index (κ2) is 7.93. The topological polar surface area (TPSA) is 71.1 Å². The third-order valence-corrected chi connectivity index (χ3v) is 4.79. The lowest BCUT2D eigenvalue weighted by Crippen LogP contribution is -2.18. The molecular formula is C20H19N3O2S. The minimum absolute atomic E-state index is 0.140. The van der Waals surface area contributed by atoms with E-state index in [1.807, 2.05) is 36.6 Å². The van der Waals surface area contributed by atoms with Gasteiger partial charge in [-0.05, 0) is 31.2 Å². The highest BCUT2D eigenvalue weighted by Gasteiger charge is 2.10. The first-order chi connectivity index (χ1) is 12.5. The van der Waals surface area contributed by atoms with Gasteiger partial charge in [-0.3, -0.25) is 9.59 Å². The largest absolute Gasteiger partial charge is 0.355 e. The summed E-state index contributed by atoms with van der Waals surface area (Å²) in [6, 6.07) is 14.9. The minimum atomic E-state index is -0.158. The van der Waals surface area contributed by atoms with Gasteiger partial charge in [0.1, 0.15) is 5.01 Å². The number of aromatic nitrogens is 1. The molecule has 5 nitrogen and oxygen atoms in total. The first-order valence-corrected chi connectivity index (χ1v) is 9.06. The molecule has 0 spiro atoms. The zero-order valence-electron chi connectivity index (χ0n) is 14.6. The summed E-state index contributed by atoms with van der Waals surface area (Å²) in [5.41, 5.74) is 4.19. The van der Waals surface area contributed by atoms with Crippen molar-refractivity contribution in [2.24, 2.45) is 0 Å². The van der Waals surface area contributed by atoms with E-state index in [-0.39, 0.29) is 18.2 Å². The van der Waals surface area contributed by atoms with Gasteiger partial charge in [0.05, 0.1) is 12.1 Å². The number of hydrogen-bond donors (Lipinski definition) is 2. The van der Waals surface area contributed by atoms with Crippen LogP contribution in [0.15, 0.2) is 53.9 Å². The quantitative estimate of drug-likeness (QED) is 0.725. The summed E-state index contributed by atoms with van der Waals surface area (Å²) in [6.45, 7) is 2.04. The van der Waals surface area contributed by atoms with Crippen molar-refractivity contribution < 1.29 is 9.59 Å². The molecule has 0 atom stereocenters. The lowest BCUT2D eigenvalue weighted by molar-refractivity contribution is -0.115. The lowest BCUT2D eigenvalue weighted by Gasteiger charge is -2.05. The van der Waals surface area contributed by atoms with Crippen LogP contribution in [0.4, 0.5) is 5.69 Å². The molecule has 2 N–H and O–H groups in total.